The van der Waals surface area contributed by atoms with Crippen LogP contribution in [-0.2, 0) is 4.79 Å². The average Bonchev–Trinajstić information content (AvgIpc) is 2.20. The highest BCUT2D eigenvalue weighted by atomic mass is 79.9. The van der Waals surface area contributed by atoms with E-state index in [1.165, 1.54) is 11.8 Å². The molecule has 82 valence electrons. The van der Waals surface area contributed by atoms with Crippen LogP contribution >= 0.6 is 27.7 Å². The van der Waals surface area contributed by atoms with Crippen LogP contribution in [0.25, 0.3) is 0 Å². The summed E-state index contributed by atoms with van der Waals surface area (Å²) in [6, 6.07) is 7.54. The quantitative estimate of drug-likeness (QED) is 0.818. The minimum Gasteiger partial charge on any atom is -0.493 e. The van der Waals surface area contributed by atoms with Gasteiger partial charge in [-0.25, -0.2) is 0 Å². The van der Waals surface area contributed by atoms with Crippen LogP contribution < -0.4 is 4.74 Å². The van der Waals surface area contributed by atoms with Gasteiger partial charge in [0.1, 0.15) is 5.75 Å². The van der Waals surface area contributed by atoms with Crippen LogP contribution in [0.5, 0.6) is 5.75 Å². The van der Waals surface area contributed by atoms with E-state index >= 15 is 0 Å². The van der Waals surface area contributed by atoms with Crippen molar-refractivity contribution in [1.29, 1.82) is 0 Å². The zero-order chi connectivity index (χ0) is 11.1. The SMILES string of the molecule is O=C(O)CSCCOc1ccc(Br)cc1. The molecule has 1 aromatic rings. The Morgan fingerprint density at radius 3 is 2.67 bits per heavy atom. The van der Waals surface area contributed by atoms with E-state index in [0.29, 0.717) is 12.4 Å². The summed E-state index contributed by atoms with van der Waals surface area (Å²) in [6.07, 6.45) is 0. The molecule has 0 aliphatic rings. The first-order valence-corrected chi connectivity index (χ1v) is 6.31. The van der Waals surface area contributed by atoms with Gasteiger partial charge in [0.2, 0.25) is 0 Å². The van der Waals surface area contributed by atoms with Crippen LogP contribution in [0.1, 0.15) is 0 Å². The minimum absolute atomic E-state index is 0.129. The van der Waals surface area contributed by atoms with Gasteiger partial charge in [-0.15, -0.1) is 11.8 Å². The van der Waals surface area contributed by atoms with E-state index in [1.807, 2.05) is 24.3 Å². The fraction of sp³-hybridized carbons (Fsp3) is 0.300. The Labute approximate surface area is 101 Å². The van der Waals surface area contributed by atoms with Crippen molar-refractivity contribution in [3.63, 3.8) is 0 Å². The van der Waals surface area contributed by atoms with E-state index in [0.717, 1.165) is 10.2 Å². The Morgan fingerprint density at radius 2 is 2.07 bits per heavy atom. The molecule has 0 saturated carbocycles. The molecule has 0 fully saturated rings. The highest BCUT2D eigenvalue weighted by molar-refractivity contribution is 9.10. The summed E-state index contributed by atoms with van der Waals surface area (Å²) in [5, 5.41) is 8.39. The lowest BCUT2D eigenvalue weighted by Gasteiger charge is -2.04. The van der Waals surface area contributed by atoms with Crippen molar-refractivity contribution in [1.82, 2.24) is 0 Å². The van der Waals surface area contributed by atoms with Gasteiger partial charge in [-0.05, 0) is 24.3 Å². The number of aliphatic carboxylic acids is 1. The summed E-state index contributed by atoms with van der Waals surface area (Å²) in [5.74, 6) is 0.823. The molecule has 1 N–H and O–H groups in total. The summed E-state index contributed by atoms with van der Waals surface area (Å²) >= 11 is 4.68. The molecule has 0 heterocycles. The van der Waals surface area contributed by atoms with Gasteiger partial charge in [0.25, 0.3) is 0 Å². The number of halogens is 1. The number of hydrogen-bond donors (Lipinski definition) is 1. The predicted octanol–water partition coefficient (Wildman–Crippen LogP) is 2.65. The maximum atomic E-state index is 10.2. The van der Waals surface area contributed by atoms with E-state index in [2.05, 4.69) is 15.9 Å². The number of carbonyl (C=O) groups is 1. The number of rotatable bonds is 6. The van der Waals surface area contributed by atoms with Gasteiger partial charge < -0.3 is 9.84 Å². The third-order valence-corrected chi connectivity index (χ3v) is 2.97. The summed E-state index contributed by atoms with van der Waals surface area (Å²) in [7, 11) is 0. The molecule has 0 bridgehead atoms. The Balaban J connectivity index is 2.15. The maximum Gasteiger partial charge on any atom is 0.313 e. The molecule has 0 radical (unpaired) electrons. The van der Waals surface area contributed by atoms with Gasteiger partial charge in [0, 0.05) is 10.2 Å². The van der Waals surface area contributed by atoms with Gasteiger partial charge in [-0.1, -0.05) is 15.9 Å². The first-order valence-electron chi connectivity index (χ1n) is 4.36. The highest BCUT2D eigenvalue weighted by Crippen LogP contribution is 2.16. The lowest BCUT2D eigenvalue weighted by Crippen LogP contribution is -2.04. The summed E-state index contributed by atoms with van der Waals surface area (Å²) < 4.78 is 6.42. The molecule has 0 saturated heterocycles. The Hall–Kier alpha value is -0.680. The monoisotopic (exact) mass is 290 g/mol. The van der Waals surface area contributed by atoms with Crippen molar-refractivity contribution >= 4 is 33.7 Å². The topological polar surface area (TPSA) is 46.5 Å². The Kier molecular flexibility index (Phi) is 5.57. The first-order chi connectivity index (χ1) is 7.18. The van der Waals surface area contributed by atoms with E-state index in [1.54, 1.807) is 0 Å². The molecule has 1 aromatic carbocycles. The van der Waals surface area contributed by atoms with Crippen molar-refractivity contribution in [3.05, 3.63) is 28.7 Å². The second-order valence-electron chi connectivity index (χ2n) is 2.75. The molecular weight excluding hydrogens is 280 g/mol. The number of ether oxygens (including phenoxy) is 1. The lowest BCUT2D eigenvalue weighted by atomic mass is 10.3. The fourth-order valence-electron chi connectivity index (χ4n) is 0.909. The molecule has 0 atom stereocenters. The van der Waals surface area contributed by atoms with Crippen LogP contribution in [0.3, 0.4) is 0 Å². The van der Waals surface area contributed by atoms with Crippen LogP contribution in [0.2, 0.25) is 0 Å². The van der Waals surface area contributed by atoms with E-state index in [4.69, 9.17) is 9.84 Å². The minimum atomic E-state index is -0.788. The molecular formula is C10H11BrO3S. The van der Waals surface area contributed by atoms with Gasteiger partial charge in [-0.2, -0.15) is 0 Å². The molecule has 3 nitrogen and oxygen atoms in total. The number of carboxylic acids is 1. The summed E-state index contributed by atoms with van der Waals surface area (Å²) in [5.41, 5.74) is 0. The van der Waals surface area contributed by atoms with Crippen molar-refractivity contribution in [3.8, 4) is 5.75 Å². The third-order valence-electron chi connectivity index (χ3n) is 1.54. The largest absolute Gasteiger partial charge is 0.493 e. The molecule has 0 unspecified atom stereocenters. The number of hydrogen-bond acceptors (Lipinski definition) is 3. The van der Waals surface area contributed by atoms with E-state index < -0.39 is 5.97 Å². The number of thioether (sulfide) groups is 1. The van der Waals surface area contributed by atoms with Gasteiger partial charge in [0.05, 0.1) is 12.4 Å². The highest BCUT2D eigenvalue weighted by Gasteiger charge is 1.97. The first kappa shape index (κ1) is 12.4. The second kappa shape index (κ2) is 6.74. The lowest BCUT2D eigenvalue weighted by molar-refractivity contribution is -0.133. The van der Waals surface area contributed by atoms with Crippen LogP contribution in [-0.4, -0.2) is 29.2 Å². The summed E-state index contributed by atoms with van der Waals surface area (Å²) in [4.78, 5) is 10.2. The van der Waals surface area contributed by atoms with Gasteiger partial charge >= 0.3 is 5.97 Å². The third kappa shape index (κ3) is 5.69. The molecule has 1 rings (SSSR count). The Bertz CT molecular complexity index is 313. The molecule has 0 aliphatic carbocycles. The Morgan fingerprint density at radius 1 is 1.40 bits per heavy atom. The van der Waals surface area contributed by atoms with Gasteiger partial charge in [0.15, 0.2) is 0 Å². The predicted molar refractivity (Wildman–Crippen MR) is 64.6 cm³/mol. The van der Waals surface area contributed by atoms with E-state index in [9.17, 15) is 4.79 Å². The smallest absolute Gasteiger partial charge is 0.313 e. The van der Waals surface area contributed by atoms with E-state index in [-0.39, 0.29) is 5.75 Å². The molecule has 0 aromatic heterocycles. The van der Waals surface area contributed by atoms with Crippen LogP contribution in [0.4, 0.5) is 0 Å². The fourth-order valence-corrected chi connectivity index (χ4v) is 1.69. The molecule has 0 amide bonds. The molecule has 15 heavy (non-hydrogen) atoms. The molecule has 0 spiro atoms. The van der Waals surface area contributed by atoms with Gasteiger partial charge in [-0.3, -0.25) is 4.79 Å². The van der Waals surface area contributed by atoms with Crippen molar-refractivity contribution in [2.45, 2.75) is 0 Å². The van der Waals surface area contributed by atoms with Crippen molar-refractivity contribution < 1.29 is 14.6 Å². The van der Waals surface area contributed by atoms with Crippen LogP contribution in [0.15, 0.2) is 28.7 Å². The maximum absolute atomic E-state index is 10.2. The summed E-state index contributed by atoms with van der Waals surface area (Å²) in [6.45, 7) is 0.527. The zero-order valence-electron chi connectivity index (χ0n) is 7.98. The average molecular weight is 291 g/mol. The standard InChI is InChI=1S/C10H11BrO3S/c11-8-1-3-9(4-2-8)14-5-6-15-7-10(12)13/h1-4H,5-7H2,(H,12,13). The molecule has 0 aliphatic heterocycles. The second-order valence-corrected chi connectivity index (χ2v) is 4.77. The number of benzene rings is 1. The zero-order valence-corrected chi connectivity index (χ0v) is 10.4. The van der Waals surface area contributed by atoms with Crippen molar-refractivity contribution in [2.24, 2.45) is 0 Å². The van der Waals surface area contributed by atoms with Crippen molar-refractivity contribution in [2.75, 3.05) is 18.1 Å². The molecule has 5 heteroatoms. The van der Waals surface area contributed by atoms with Crippen LogP contribution in [0, 0.1) is 0 Å². The normalized spacial score (nSPS) is 9.93. The number of carboxylic acid groups (broad SMARTS) is 1.